The second-order valence-electron chi connectivity index (χ2n) is 0.921. The number of halogens is 3. The number of alkyl halides is 3. The van der Waals surface area contributed by atoms with Crippen molar-refractivity contribution in [1.29, 1.82) is 0 Å². The van der Waals surface area contributed by atoms with Gasteiger partial charge in [0.15, 0.2) is 0 Å². The summed E-state index contributed by atoms with van der Waals surface area (Å²) >= 11 is -6.52. The Morgan fingerprint density at radius 1 is 1.22 bits per heavy atom. The largest absolute Gasteiger partial charge is 0 e. The van der Waals surface area contributed by atoms with Gasteiger partial charge in [0.1, 0.15) is 0 Å². The first kappa shape index (κ1) is 12.3. The van der Waals surface area contributed by atoms with Crippen LogP contribution in [-0.2, 0) is 30.0 Å². The van der Waals surface area contributed by atoms with E-state index in [0.29, 0.717) is 0 Å². The van der Waals surface area contributed by atoms with Crippen LogP contribution in [0, 0.1) is 0 Å². The maximum absolute atomic E-state index is 10.8. The van der Waals surface area contributed by atoms with Crippen LogP contribution >= 0.6 is 0 Å². The fraction of sp³-hybridized carbons (Fsp3) is 1.00. The van der Waals surface area contributed by atoms with Gasteiger partial charge in [0.05, 0.1) is 0 Å². The van der Waals surface area contributed by atoms with Crippen LogP contribution in [0.4, 0.5) is 13.2 Å². The summed E-state index contributed by atoms with van der Waals surface area (Å²) in [4.78, 5) is 0. The summed E-state index contributed by atoms with van der Waals surface area (Å²) in [5, 5.41) is -5.46. The van der Waals surface area contributed by atoms with Crippen molar-refractivity contribution < 1.29 is 47.4 Å². The van der Waals surface area contributed by atoms with Crippen LogP contribution in [0.1, 0.15) is 0 Å². The summed E-state index contributed by atoms with van der Waals surface area (Å²) in [6.07, 6.45) is 0. The first-order valence-electron chi connectivity index (χ1n) is 1.29. The summed E-state index contributed by atoms with van der Waals surface area (Å²) < 4.78 is 57.9. The molecule has 1 radical (unpaired) electrons. The topological polar surface area (TPSA) is 54.4 Å². The summed E-state index contributed by atoms with van der Waals surface area (Å²) in [5.41, 5.74) is 0. The molecule has 0 aromatic heterocycles. The average Bonchev–Trinajstić information content (AvgIpc) is 1.25. The molecule has 1 N–H and O–H groups in total. The maximum Gasteiger partial charge on any atom is 0 e. The van der Waals surface area contributed by atoms with E-state index in [4.69, 9.17) is 11.9 Å². The molecule has 0 heterocycles. The zero-order chi connectivity index (χ0) is 7.00. The minimum absolute atomic E-state index is 0. The molecule has 0 amide bonds. The van der Waals surface area contributed by atoms with E-state index in [-0.39, 0.29) is 22.4 Å². The summed E-state index contributed by atoms with van der Waals surface area (Å²) in [7, 11) is 0. The predicted octanol–water partition coefficient (Wildman–Crippen LogP) is -0.122. The molecule has 0 spiro atoms. The van der Waals surface area contributed by atoms with Crippen molar-refractivity contribution in [2.45, 2.75) is 5.07 Å². The number of hydrogen-bond donors (Lipinski definition) is 1. The molecule has 0 fully saturated rings. The van der Waals surface area contributed by atoms with Gasteiger partial charge in [-0.1, -0.05) is 0 Å². The van der Waals surface area contributed by atoms with Gasteiger partial charge >= 0.3 is 43.1 Å². The first-order chi connectivity index (χ1) is 3.25. The van der Waals surface area contributed by atoms with Crippen LogP contribution in [0.3, 0.4) is 0 Å². The van der Waals surface area contributed by atoms with Crippen molar-refractivity contribution >= 4 is 13.0 Å². The van der Waals surface area contributed by atoms with E-state index in [2.05, 4.69) is 0 Å². The second kappa shape index (κ2) is 3.14. The molecule has 0 aliphatic heterocycles. The zero-order valence-corrected chi connectivity index (χ0v) is 6.80. The van der Waals surface area contributed by atoms with Crippen molar-refractivity contribution in [2.24, 2.45) is 0 Å². The van der Waals surface area contributed by atoms with Gasteiger partial charge in [-0.25, -0.2) is 0 Å². The van der Waals surface area contributed by atoms with E-state index in [1.807, 2.05) is 0 Å². The Bertz CT molecular complexity index is 168. The van der Waals surface area contributed by atoms with Crippen LogP contribution in [0.2, 0.25) is 0 Å². The van der Waals surface area contributed by atoms with Gasteiger partial charge in [-0.15, -0.1) is 0 Å². The molecule has 0 bridgehead atoms. The average molecular weight is 305 g/mol. The fourth-order valence-corrected chi connectivity index (χ4v) is 0. The molecule has 3 nitrogen and oxygen atoms in total. The van der Waals surface area contributed by atoms with E-state index >= 15 is 0 Å². The third kappa shape index (κ3) is 4.07. The van der Waals surface area contributed by atoms with Gasteiger partial charge in [-0.3, -0.25) is 0 Å². The minimum atomic E-state index is -6.52. The Hall–Kier alpha value is 0.610. The Kier molecular flexibility index (Phi) is 4.29. The van der Waals surface area contributed by atoms with Crippen molar-refractivity contribution in [3.63, 3.8) is 0 Å². The predicted molar refractivity (Wildman–Crippen MR) is 15.4 cm³/mol. The molecule has 0 rings (SSSR count). The van der Waals surface area contributed by atoms with E-state index in [0.717, 1.165) is 0 Å². The monoisotopic (exact) mass is 305 g/mol. The zero-order valence-electron chi connectivity index (χ0n) is 3.61. The van der Waals surface area contributed by atoms with Gasteiger partial charge < -0.3 is 0 Å². The van der Waals surface area contributed by atoms with E-state index < -0.39 is 18.1 Å². The molecule has 9 heavy (non-hydrogen) atoms. The van der Waals surface area contributed by atoms with Crippen molar-refractivity contribution in [1.82, 2.24) is 0 Å². The molecule has 0 aromatic carbocycles. The number of hydrogen-bond acceptors (Lipinski definition) is 2. The first-order valence-corrected chi connectivity index (χ1v) is 4.31. The Labute approximate surface area is 65.7 Å². The van der Waals surface area contributed by atoms with Gasteiger partial charge in [0, 0.05) is 22.4 Å². The van der Waals surface area contributed by atoms with Crippen LogP contribution < -0.4 is 0 Å². The molecular weight excluding hydrogens is 304 g/mol. The van der Waals surface area contributed by atoms with E-state index in [1.54, 1.807) is 0 Å². The maximum atomic E-state index is 10.8. The molecule has 0 saturated carbocycles. The van der Waals surface area contributed by atoms with Gasteiger partial charge in [-0.2, -0.15) is 0 Å². The number of rotatable bonds is 0. The third-order valence-electron chi connectivity index (χ3n) is 0.292. The van der Waals surface area contributed by atoms with Crippen LogP contribution in [-0.4, -0.2) is 22.3 Å². The van der Waals surface area contributed by atoms with Crippen molar-refractivity contribution in [3.05, 3.63) is 0 Å². The van der Waals surface area contributed by atoms with Crippen LogP contribution in [0.25, 0.3) is 0 Å². The van der Waals surface area contributed by atoms with Gasteiger partial charge in [0.25, 0.3) is 0 Å². The van der Waals surface area contributed by atoms with Crippen LogP contribution in [0.15, 0.2) is 0 Å². The normalized spacial score (nSPS) is 12.4. The molecule has 0 saturated heterocycles. The molecule has 0 unspecified atom stereocenters. The molecule has 0 aromatic rings. The standard InChI is InChI=1S/CHF3O3Se.Ag/c2-1(3,4)8(5,6)7;/h(H,5,6,7);. The van der Waals surface area contributed by atoms with Gasteiger partial charge in [-0.05, 0) is 0 Å². The molecule has 61 valence electrons. The van der Waals surface area contributed by atoms with E-state index in [9.17, 15) is 13.2 Å². The molecule has 0 aliphatic rings. The van der Waals surface area contributed by atoms with Crippen molar-refractivity contribution in [2.75, 3.05) is 0 Å². The fourth-order valence-electron chi connectivity index (χ4n) is 0. The Balaban J connectivity index is 0. The second-order valence-corrected chi connectivity index (χ2v) is 3.89. The SMILES string of the molecule is O=[Se](=O)(O)C(F)(F)F.[Ag]. The third-order valence-corrected chi connectivity index (χ3v) is 1.52. The molecular formula is CHAgF3O3Se. The quantitative estimate of drug-likeness (QED) is 0.635. The molecule has 0 aliphatic carbocycles. The minimum Gasteiger partial charge on any atom is 0 e. The van der Waals surface area contributed by atoms with Crippen LogP contribution in [0.5, 0.6) is 0 Å². The van der Waals surface area contributed by atoms with Gasteiger partial charge in [0.2, 0.25) is 0 Å². The smallest absolute Gasteiger partial charge is 0 e. The molecule has 0 atom stereocenters. The summed E-state index contributed by atoms with van der Waals surface area (Å²) in [6.45, 7) is 0. The van der Waals surface area contributed by atoms with E-state index in [1.165, 1.54) is 0 Å². The summed E-state index contributed by atoms with van der Waals surface area (Å²) in [5.74, 6) is 0. The summed E-state index contributed by atoms with van der Waals surface area (Å²) in [6, 6.07) is 0. The molecule has 8 heteroatoms. The van der Waals surface area contributed by atoms with Crippen molar-refractivity contribution in [3.8, 4) is 0 Å². The Morgan fingerprint density at radius 3 is 1.33 bits per heavy atom. The Morgan fingerprint density at radius 2 is 1.33 bits per heavy atom.